The van der Waals surface area contributed by atoms with Crippen LogP contribution >= 0.6 is 0 Å². The fourth-order valence-corrected chi connectivity index (χ4v) is 2.15. The summed E-state index contributed by atoms with van der Waals surface area (Å²) >= 11 is 0. The molecule has 0 aliphatic carbocycles. The number of amides is 1. The molecule has 6 nitrogen and oxygen atoms in total. The molecular weight excluding hydrogens is 287 g/mol. The molecule has 0 saturated heterocycles. The lowest BCUT2D eigenvalue weighted by Gasteiger charge is -2.20. The van der Waals surface area contributed by atoms with Crippen molar-refractivity contribution >= 4 is 15.9 Å². The molecule has 0 fully saturated rings. The maximum atomic E-state index is 13.4. The number of aliphatic hydroxyl groups excluding tert-OH is 1. The molecule has 1 amide bonds. The molecule has 110 valence electrons. The molecule has 0 atom stereocenters. The lowest BCUT2D eigenvalue weighted by atomic mass is 10.2. The molecule has 0 saturated carbocycles. The molecular formula is C12H15FN2O4S. The highest BCUT2D eigenvalue weighted by atomic mass is 32.2. The number of carbonyl (C=O) groups excluding carboxylic acids is 1. The first kappa shape index (κ1) is 16.3. The standard InChI is InChI=1S/C12H15FN2O4S/c1-2-3-15(4-5-16)12(17)9-6-10(13)8-11(7-9)20(14,18)19/h2,6-8,16H,1,3-5H2,(H2,14,18,19). The number of rotatable bonds is 6. The Morgan fingerprint density at radius 3 is 2.60 bits per heavy atom. The van der Waals surface area contributed by atoms with Gasteiger partial charge in [0.25, 0.3) is 5.91 Å². The third-order valence-corrected chi connectivity index (χ3v) is 3.35. The van der Waals surface area contributed by atoms with Gasteiger partial charge >= 0.3 is 0 Å². The van der Waals surface area contributed by atoms with Gasteiger partial charge in [0.1, 0.15) is 5.82 Å². The van der Waals surface area contributed by atoms with Crippen LogP contribution in [0, 0.1) is 5.82 Å². The first-order chi connectivity index (χ1) is 9.29. The van der Waals surface area contributed by atoms with E-state index < -0.39 is 26.6 Å². The summed E-state index contributed by atoms with van der Waals surface area (Å²) in [5, 5.41) is 13.8. The van der Waals surface area contributed by atoms with E-state index in [1.165, 1.54) is 11.0 Å². The summed E-state index contributed by atoms with van der Waals surface area (Å²) in [6.45, 7) is 3.35. The van der Waals surface area contributed by atoms with Crippen LogP contribution in [0.3, 0.4) is 0 Å². The third kappa shape index (κ3) is 4.12. The fraction of sp³-hybridized carbons (Fsp3) is 0.250. The number of carbonyl (C=O) groups is 1. The van der Waals surface area contributed by atoms with E-state index in [0.29, 0.717) is 0 Å². The van der Waals surface area contributed by atoms with Crippen molar-refractivity contribution in [3.05, 3.63) is 42.2 Å². The van der Waals surface area contributed by atoms with Gasteiger partial charge in [0, 0.05) is 18.7 Å². The van der Waals surface area contributed by atoms with Gasteiger partial charge in [-0.3, -0.25) is 4.79 Å². The Bertz CT molecular complexity index is 616. The molecule has 0 heterocycles. The molecule has 0 aromatic heterocycles. The molecule has 0 bridgehead atoms. The second-order valence-corrected chi connectivity index (χ2v) is 5.55. The molecule has 1 aromatic carbocycles. The summed E-state index contributed by atoms with van der Waals surface area (Å²) < 4.78 is 35.8. The summed E-state index contributed by atoms with van der Waals surface area (Å²) in [4.78, 5) is 12.8. The number of nitrogens with zero attached hydrogens (tertiary/aromatic N) is 1. The number of aliphatic hydroxyl groups is 1. The minimum absolute atomic E-state index is 0.0199. The van der Waals surface area contributed by atoms with Crippen LogP contribution in [0.15, 0.2) is 35.7 Å². The van der Waals surface area contributed by atoms with Gasteiger partial charge in [0.15, 0.2) is 0 Å². The van der Waals surface area contributed by atoms with Crippen LogP contribution < -0.4 is 5.14 Å². The number of benzene rings is 1. The van der Waals surface area contributed by atoms with Gasteiger partial charge in [0.2, 0.25) is 10.0 Å². The van der Waals surface area contributed by atoms with Crippen molar-refractivity contribution in [2.75, 3.05) is 19.7 Å². The van der Waals surface area contributed by atoms with Crippen LogP contribution in [0.2, 0.25) is 0 Å². The van der Waals surface area contributed by atoms with Crippen molar-refractivity contribution in [3.63, 3.8) is 0 Å². The highest BCUT2D eigenvalue weighted by Crippen LogP contribution is 2.15. The van der Waals surface area contributed by atoms with Gasteiger partial charge in [-0.05, 0) is 18.2 Å². The normalized spacial score (nSPS) is 11.2. The van der Waals surface area contributed by atoms with Crippen LogP contribution in [-0.4, -0.2) is 44.0 Å². The third-order valence-electron chi connectivity index (χ3n) is 2.45. The lowest BCUT2D eigenvalue weighted by molar-refractivity contribution is 0.0742. The van der Waals surface area contributed by atoms with Gasteiger partial charge < -0.3 is 10.0 Å². The molecule has 1 rings (SSSR count). The van der Waals surface area contributed by atoms with E-state index in [2.05, 4.69) is 6.58 Å². The average molecular weight is 302 g/mol. The van der Waals surface area contributed by atoms with Gasteiger partial charge in [-0.15, -0.1) is 6.58 Å². The zero-order valence-corrected chi connectivity index (χ0v) is 11.4. The maximum Gasteiger partial charge on any atom is 0.254 e. The summed E-state index contributed by atoms with van der Waals surface area (Å²) in [6, 6.07) is 2.63. The van der Waals surface area contributed by atoms with Crippen molar-refractivity contribution in [3.8, 4) is 0 Å². The van der Waals surface area contributed by atoms with Crippen LogP contribution in [0.5, 0.6) is 0 Å². The van der Waals surface area contributed by atoms with E-state index in [9.17, 15) is 17.6 Å². The molecule has 8 heteroatoms. The van der Waals surface area contributed by atoms with Crippen LogP contribution in [0.4, 0.5) is 4.39 Å². The second-order valence-electron chi connectivity index (χ2n) is 3.98. The van der Waals surface area contributed by atoms with E-state index in [0.717, 1.165) is 18.2 Å². The zero-order chi connectivity index (χ0) is 15.3. The zero-order valence-electron chi connectivity index (χ0n) is 10.6. The van der Waals surface area contributed by atoms with Gasteiger partial charge in [-0.1, -0.05) is 6.08 Å². The van der Waals surface area contributed by atoms with E-state index in [1.54, 1.807) is 0 Å². The molecule has 3 N–H and O–H groups in total. The fourth-order valence-electron chi connectivity index (χ4n) is 1.59. The minimum atomic E-state index is -4.11. The van der Waals surface area contributed by atoms with Gasteiger partial charge in [-0.2, -0.15) is 0 Å². The number of halogens is 1. The van der Waals surface area contributed by atoms with Crippen molar-refractivity contribution < 1.29 is 22.7 Å². The average Bonchev–Trinajstić information content (AvgIpc) is 2.36. The van der Waals surface area contributed by atoms with Crippen molar-refractivity contribution in [1.29, 1.82) is 0 Å². The minimum Gasteiger partial charge on any atom is -0.395 e. The van der Waals surface area contributed by atoms with Crippen LogP contribution in [-0.2, 0) is 10.0 Å². The number of primary sulfonamides is 1. The lowest BCUT2D eigenvalue weighted by Crippen LogP contribution is -2.34. The quantitative estimate of drug-likeness (QED) is 0.727. The Balaban J connectivity index is 3.21. The van der Waals surface area contributed by atoms with E-state index in [-0.39, 0.29) is 25.3 Å². The smallest absolute Gasteiger partial charge is 0.254 e. The van der Waals surface area contributed by atoms with E-state index >= 15 is 0 Å². The number of sulfonamides is 1. The number of nitrogens with two attached hydrogens (primary N) is 1. The topological polar surface area (TPSA) is 101 Å². The highest BCUT2D eigenvalue weighted by Gasteiger charge is 2.18. The molecule has 1 aromatic rings. The molecule has 0 aliphatic rings. The van der Waals surface area contributed by atoms with Crippen LogP contribution in [0.25, 0.3) is 0 Å². The monoisotopic (exact) mass is 302 g/mol. The first-order valence-electron chi connectivity index (χ1n) is 5.64. The predicted octanol–water partition coefficient (Wildman–Crippen LogP) is 0.0936. The Kier molecular flexibility index (Phi) is 5.37. The summed E-state index contributed by atoms with van der Waals surface area (Å²) in [7, 11) is -4.11. The second kappa shape index (κ2) is 6.60. The first-order valence-corrected chi connectivity index (χ1v) is 7.18. The largest absolute Gasteiger partial charge is 0.395 e. The molecule has 0 unspecified atom stereocenters. The van der Waals surface area contributed by atoms with E-state index in [4.69, 9.17) is 10.2 Å². The van der Waals surface area contributed by atoms with Crippen molar-refractivity contribution in [2.45, 2.75) is 4.90 Å². The van der Waals surface area contributed by atoms with Crippen molar-refractivity contribution in [1.82, 2.24) is 4.90 Å². The molecule has 0 radical (unpaired) electrons. The highest BCUT2D eigenvalue weighted by molar-refractivity contribution is 7.89. The Morgan fingerprint density at radius 2 is 2.10 bits per heavy atom. The van der Waals surface area contributed by atoms with Gasteiger partial charge in [0.05, 0.1) is 11.5 Å². The van der Waals surface area contributed by atoms with Crippen LogP contribution in [0.1, 0.15) is 10.4 Å². The number of hydrogen-bond acceptors (Lipinski definition) is 4. The predicted molar refractivity (Wildman–Crippen MR) is 71.0 cm³/mol. The summed E-state index contributed by atoms with van der Waals surface area (Å²) in [6.07, 6.45) is 1.44. The number of hydrogen-bond donors (Lipinski definition) is 2. The van der Waals surface area contributed by atoms with Gasteiger partial charge in [-0.25, -0.2) is 17.9 Å². The molecule has 20 heavy (non-hydrogen) atoms. The Morgan fingerprint density at radius 1 is 1.45 bits per heavy atom. The summed E-state index contributed by atoms with van der Waals surface area (Å²) in [5.74, 6) is -1.51. The summed E-state index contributed by atoms with van der Waals surface area (Å²) in [5.41, 5.74) is -0.163. The Hall–Kier alpha value is -1.77. The van der Waals surface area contributed by atoms with Crippen molar-refractivity contribution in [2.24, 2.45) is 5.14 Å². The molecule has 0 aliphatic heterocycles. The SMILES string of the molecule is C=CCN(CCO)C(=O)c1cc(F)cc(S(N)(=O)=O)c1. The molecule has 0 spiro atoms. The Labute approximate surface area is 116 Å². The van der Waals surface area contributed by atoms with E-state index in [1.807, 2.05) is 0 Å². The maximum absolute atomic E-state index is 13.4.